The summed E-state index contributed by atoms with van der Waals surface area (Å²) in [5.41, 5.74) is 1.36. The van der Waals surface area contributed by atoms with Crippen LogP contribution in [0.2, 0.25) is 0 Å². The van der Waals surface area contributed by atoms with Crippen LogP contribution in [0.4, 0.5) is 0 Å². The fourth-order valence-corrected chi connectivity index (χ4v) is 4.05. The van der Waals surface area contributed by atoms with E-state index in [4.69, 9.17) is 13.9 Å². The number of furan rings is 1. The van der Waals surface area contributed by atoms with Gasteiger partial charge in [-0.3, -0.25) is 4.79 Å². The van der Waals surface area contributed by atoms with Gasteiger partial charge in [0, 0.05) is 23.4 Å². The largest absolute Gasteiger partial charge is 0.497 e. The number of aromatic nitrogens is 1. The minimum atomic E-state index is -0.0116. The Balaban J connectivity index is 1.42. The van der Waals surface area contributed by atoms with Crippen LogP contribution in [0.1, 0.15) is 54.1 Å². The monoisotopic (exact) mass is 394 g/mol. The molecule has 29 heavy (non-hydrogen) atoms. The van der Waals surface area contributed by atoms with Gasteiger partial charge in [-0.25, -0.2) is 0 Å². The summed E-state index contributed by atoms with van der Waals surface area (Å²) < 4.78 is 16.9. The molecule has 1 amide bonds. The van der Waals surface area contributed by atoms with Gasteiger partial charge in [0.2, 0.25) is 0 Å². The summed E-state index contributed by atoms with van der Waals surface area (Å²) in [6, 6.07) is 9.95. The summed E-state index contributed by atoms with van der Waals surface area (Å²) in [7, 11) is 3.23. The molecule has 5 rings (SSSR count). The van der Waals surface area contributed by atoms with E-state index in [9.17, 15) is 4.79 Å². The molecular formula is C23H26N2O4. The lowest BCUT2D eigenvalue weighted by Crippen LogP contribution is -2.32. The van der Waals surface area contributed by atoms with Crippen molar-refractivity contribution < 1.29 is 18.7 Å². The van der Waals surface area contributed by atoms with Gasteiger partial charge in [-0.1, -0.05) is 6.92 Å². The number of rotatable bonds is 7. The SMILES string of the molecule is COc1cc(OC)c2[nH]c(C(=O)N(Cc3ccc([C@@H]4C[C@@H]4C)o3)C3CC3)cc2c1. The summed E-state index contributed by atoms with van der Waals surface area (Å²) in [6.45, 7) is 2.74. The molecule has 3 aromatic rings. The standard InChI is InChI=1S/C23H26N2O4/c1-13-8-18(13)20-7-6-16(29-20)12-25(15-4-5-15)23(26)19-10-14-9-17(27-2)11-21(28-3)22(14)24-19/h6-7,9-11,13,15,18,24H,4-5,8,12H2,1-3H3/t13-,18+/m0/s1. The molecule has 2 aliphatic carbocycles. The number of methoxy groups -OCH3 is 2. The van der Waals surface area contributed by atoms with E-state index in [0.717, 1.165) is 35.3 Å². The Labute approximate surface area is 169 Å². The van der Waals surface area contributed by atoms with Crippen molar-refractivity contribution in [2.75, 3.05) is 14.2 Å². The molecule has 2 atom stereocenters. The molecule has 0 radical (unpaired) electrons. The normalized spacial score (nSPS) is 20.7. The number of amides is 1. The molecule has 6 heteroatoms. The lowest BCUT2D eigenvalue weighted by atomic mass is 10.2. The smallest absolute Gasteiger partial charge is 0.270 e. The number of fused-ring (bicyclic) bond motifs is 1. The van der Waals surface area contributed by atoms with E-state index in [1.54, 1.807) is 14.2 Å². The molecule has 0 unspecified atom stereocenters. The third kappa shape index (κ3) is 3.37. The van der Waals surface area contributed by atoms with Crippen LogP contribution in [0.3, 0.4) is 0 Å². The maximum Gasteiger partial charge on any atom is 0.270 e. The van der Waals surface area contributed by atoms with Gasteiger partial charge in [-0.05, 0) is 49.4 Å². The molecule has 2 saturated carbocycles. The number of aromatic amines is 1. The Kier molecular flexibility index (Phi) is 4.30. The van der Waals surface area contributed by atoms with Crippen molar-refractivity contribution in [2.45, 2.75) is 44.7 Å². The average molecular weight is 394 g/mol. The molecular weight excluding hydrogens is 368 g/mol. The average Bonchev–Trinajstić information content (AvgIpc) is 3.61. The Hall–Kier alpha value is -2.89. The molecule has 1 N–H and O–H groups in total. The Bertz CT molecular complexity index is 1060. The van der Waals surface area contributed by atoms with E-state index in [2.05, 4.69) is 18.0 Å². The van der Waals surface area contributed by atoms with Crippen LogP contribution >= 0.6 is 0 Å². The fourth-order valence-electron chi connectivity index (χ4n) is 4.05. The third-order valence-corrected chi connectivity index (χ3v) is 6.08. The number of carbonyl (C=O) groups is 1. The molecule has 0 spiro atoms. The highest BCUT2D eigenvalue weighted by Crippen LogP contribution is 2.47. The fraction of sp³-hybridized carbons (Fsp3) is 0.435. The van der Waals surface area contributed by atoms with E-state index in [-0.39, 0.29) is 11.9 Å². The highest BCUT2D eigenvalue weighted by Gasteiger charge is 2.38. The molecule has 2 heterocycles. The number of ether oxygens (including phenoxy) is 2. The number of hydrogen-bond acceptors (Lipinski definition) is 4. The number of nitrogens with one attached hydrogen (secondary N) is 1. The third-order valence-electron chi connectivity index (χ3n) is 6.08. The van der Waals surface area contributed by atoms with Crippen molar-refractivity contribution in [2.24, 2.45) is 5.92 Å². The molecule has 2 fully saturated rings. The number of hydrogen-bond donors (Lipinski definition) is 1. The van der Waals surface area contributed by atoms with E-state index < -0.39 is 0 Å². The zero-order valence-corrected chi connectivity index (χ0v) is 17.0. The van der Waals surface area contributed by atoms with Crippen LogP contribution in [0.15, 0.2) is 34.7 Å². The van der Waals surface area contributed by atoms with Crippen molar-refractivity contribution in [3.63, 3.8) is 0 Å². The lowest BCUT2D eigenvalue weighted by Gasteiger charge is -2.20. The Morgan fingerprint density at radius 3 is 2.66 bits per heavy atom. The molecule has 2 aromatic heterocycles. The van der Waals surface area contributed by atoms with Gasteiger partial charge in [0.15, 0.2) is 0 Å². The Morgan fingerprint density at radius 1 is 1.21 bits per heavy atom. The maximum absolute atomic E-state index is 13.3. The summed E-state index contributed by atoms with van der Waals surface area (Å²) in [6.07, 6.45) is 3.27. The zero-order valence-electron chi connectivity index (χ0n) is 17.0. The number of benzene rings is 1. The maximum atomic E-state index is 13.3. The van der Waals surface area contributed by atoms with Gasteiger partial charge < -0.3 is 23.8 Å². The first-order valence-corrected chi connectivity index (χ1v) is 10.2. The van der Waals surface area contributed by atoms with Gasteiger partial charge in [-0.15, -0.1) is 0 Å². The van der Waals surface area contributed by atoms with Gasteiger partial charge in [-0.2, -0.15) is 0 Å². The highest BCUT2D eigenvalue weighted by atomic mass is 16.5. The van der Waals surface area contributed by atoms with Crippen molar-refractivity contribution >= 4 is 16.8 Å². The van der Waals surface area contributed by atoms with Gasteiger partial charge in [0.05, 0.1) is 26.3 Å². The van der Waals surface area contributed by atoms with Crippen molar-refractivity contribution in [1.82, 2.24) is 9.88 Å². The van der Waals surface area contributed by atoms with Crippen LogP contribution in [0, 0.1) is 5.92 Å². The van der Waals surface area contributed by atoms with Crippen LogP contribution in [-0.4, -0.2) is 36.1 Å². The quantitative estimate of drug-likeness (QED) is 0.630. The minimum Gasteiger partial charge on any atom is -0.497 e. The van der Waals surface area contributed by atoms with Crippen LogP contribution in [-0.2, 0) is 6.54 Å². The molecule has 2 aliphatic rings. The minimum absolute atomic E-state index is 0.0116. The summed E-state index contributed by atoms with van der Waals surface area (Å²) >= 11 is 0. The molecule has 0 bridgehead atoms. The highest BCUT2D eigenvalue weighted by molar-refractivity contribution is 6.00. The van der Waals surface area contributed by atoms with Gasteiger partial charge in [0.1, 0.15) is 28.7 Å². The Morgan fingerprint density at radius 2 is 2.00 bits per heavy atom. The second-order valence-corrected chi connectivity index (χ2v) is 8.26. The van der Waals surface area contributed by atoms with Crippen molar-refractivity contribution in [3.8, 4) is 11.5 Å². The number of nitrogens with zero attached hydrogens (tertiary/aromatic N) is 1. The topological polar surface area (TPSA) is 67.7 Å². The van der Waals surface area contributed by atoms with E-state index in [1.807, 2.05) is 29.2 Å². The second kappa shape index (κ2) is 6.87. The van der Waals surface area contributed by atoms with E-state index in [0.29, 0.717) is 35.6 Å². The summed E-state index contributed by atoms with van der Waals surface area (Å²) in [5, 5.41) is 0.892. The van der Waals surface area contributed by atoms with Crippen LogP contribution < -0.4 is 9.47 Å². The summed E-state index contributed by atoms with van der Waals surface area (Å²) in [4.78, 5) is 18.5. The first-order chi connectivity index (χ1) is 14.1. The predicted octanol–water partition coefficient (Wildman–Crippen LogP) is 4.71. The predicted molar refractivity (Wildman–Crippen MR) is 110 cm³/mol. The first-order valence-electron chi connectivity index (χ1n) is 10.2. The van der Waals surface area contributed by atoms with Crippen molar-refractivity contribution in [1.29, 1.82) is 0 Å². The number of carbonyl (C=O) groups excluding carboxylic acids is 1. The van der Waals surface area contributed by atoms with Crippen LogP contribution in [0.5, 0.6) is 11.5 Å². The number of H-pyrrole nitrogens is 1. The van der Waals surface area contributed by atoms with E-state index in [1.165, 1.54) is 6.42 Å². The molecule has 6 nitrogen and oxygen atoms in total. The molecule has 1 aromatic carbocycles. The van der Waals surface area contributed by atoms with E-state index >= 15 is 0 Å². The first kappa shape index (κ1) is 18.2. The molecule has 152 valence electrons. The van der Waals surface area contributed by atoms with Crippen molar-refractivity contribution in [3.05, 3.63) is 47.5 Å². The lowest BCUT2D eigenvalue weighted by molar-refractivity contribution is 0.0711. The zero-order chi connectivity index (χ0) is 20.1. The van der Waals surface area contributed by atoms with Gasteiger partial charge in [0.25, 0.3) is 5.91 Å². The second-order valence-electron chi connectivity index (χ2n) is 8.26. The van der Waals surface area contributed by atoms with Crippen LogP contribution in [0.25, 0.3) is 10.9 Å². The van der Waals surface area contributed by atoms with Gasteiger partial charge >= 0.3 is 0 Å². The summed E-state index contributed by atoms with van der Waals surface area (Å²) in [5.74, 6) is 4.50. The molecule has 0 saturated heterocycles. The molecule has 0 aliphatic heterocycles.